The van der Waals surface area contributed by atoms with Gasteiger partial charge in [-0.25, -0.2) is 58.9 Å². The van der Waals surface area contributed by atoms with Crippen LogP contribution < -0.4 is 17.2 Å². The quantitative estimate of drug-likeness (QED) is 0.0615. The maximum Gasteiger partial charge on any atom is 0.433 e. The highest BCUT2D eigenvalue weighted by Gasteiger charge is 2.39. The maximum absolute atomic E-state index is 12.6. The second-order valence-electron chi connectivity index (χ2n) is 24.1. The lowest BCUT2D eigenvalue weighted by atomic mass is 9.94. The molecule has 0 aliphatic heterocycles. The summed E-state index contributed by atoms with van der Waals surface area (Å²) in [5, 5.41) is 0. The van der Waals surface area contributed by atoms with Crippen molar-refractivity contribution in [2.75, 3.05) is 52.6 Å². The minimum Gasteiger partial charge on any atom is -0.469 e. The molecule has 13 rings (SSSR count). The number of nitrogens with two attached hydrogens (primary N) is 3. The van der Waals surface area contributed by atoms with Gasteiger partial charge in [-0.1, -0.05) is 54.6 Å². The molecule has 27 nitrogen and oxygen atoms in total. The van der Waals surface area contributed by atoms with Gasteiger partial charge in [-0.05, 0) is 124 Å². The third-order valence-corrected chi connectivity index (χ3v) is 16.4. The number of pyridine rings is 7. The largest absolute Gasteiger partial charge is 0.469 e. The van der Waals surface area contributed by atoms with Crippen molar-refractivity contribution < 1.29 is 134 Å². The second-order valence-corrected chi connectivity index (χ2v) is 24.1. The predicted molar refractivity (Wildman–Crippen MR) is 385 cm³/mol. The van der Waals surface area contributed by atoms with Gasteiger partial charge in [0.15, 0.2) is 28.7 Å². The molecule has 2 aromatic carbocycles. The van der Waals surface area contributed by atoms with Crippen LogP contribution in [0.5, 0.6) is 0 Å². The molecule has 4 aliphatic rings. The molecule has 614 valence electrons. The Morgan fingerprint density at radius 2 is 0.778 bits per heavy atom. The molecule has 4 aliphatic carbocycles. The Labute approximate surface area is 654 Å². The van der Waals surface area contributed by atoms with Gasteiger partial charge in [-0.3, -0.25) is 28.8 Å². The average molecular weight is 1640 g/mol. The van der Waals surface area contributed by atoms with Gasteiger partial charge in [0.25, 0.3) is 5.91 Å². The van der Waals surface area contributed by atoms with Crippen molar-refractivity contribution in [3.8, 4) is 22.5 Å². The number of anilines is 2. The number of ketones is 4. The molecule has 117 heavy (non-hydrogen) atoms. The zero-order valence-electron chi connectivity index (χ0n) is 62.1. The first-order valence-electron chi connectivity index (χ1n) is 34.3. The number of nitrogens with zero attached hydrogens (tertiary/aromatic N) is 7. The Balaban J connectivity index is 0.000000189. The molecule has 0 bridgehead atoms. The molecule has 7 heterocycles. The molecule has 0 atom stereocenters. The first kappa shape index (κ1) is 90.4. The Bertz CT molecular complexity index is 5310. The lowest BCUT2D eigenvalue weighted by molar-refractivity contribution is -0.142. The van der Waals surface area contributed by atoms with Crippen molar-refractivity contribution in [1.29, 1.82) is 0 Å². The minimum absolute atomic E-state index is 0.0270. The smallest absolute Gasteiger partial charge is 0.433 e. The molecule has 9 aromatic rings. The van der Waals surface area contributed by atoms with E-state index in [-0.39, 0.29) is 117 Å². The number of carbonyl (C=O) groups excluding carboxylic acids is 11. The molecular weight excluding hydrogens is 1580 g/mol. The molecule has 7 aromatic heterocycles. The topological polar surface area (TPSA) is 411 Å². The van der Waals surface area contributed by atoms with Gasteiger partial charge in [0, 0.05) is 58.2 Å². The fourth-order valence-electron chi connectivity index (χ4n) is 10.9. The first-order chi connectivity index (χ1) is 55.1. The highest BCUT2D eigenvalue weighted by Crippen LogP contribution is 2.39. The monoisotopic (exact) mass is 1640 g/mol. The van der Waals surface area contributed by atoms with Crippen LogP contribution in [-0.4, -0.2) is 141 Å². The summed E-state index contributed by atoms with van der Waals surface area (Å²) in [7, 11) is 3.39. The number of methoxy groups -OCH3 is 3. The van der Waals surface area contributed by atoms with Gasteiger partial charge in [0.1, 0.15) is 51.5 Å². The van der Waals surface area contributed by atoms with Crippen LogP contribution in [0, 0.1) is 0 Å². The van der Waals surface area contributed by atoms with E-state index in [9.17, 15) is 105 Å². The van der Waals surface area contributed by atoms with Crippen LogP contribution in [0.3, 0.4) is 0 Å². The van der Waals surface area contributed by atoms with Crippen molar-refractivity contribution in [3.05, 3.63) is 240 Å². The zero-order chi connectivity index (χ0) is 86.6. The van der Waals surface area contributed by atoms with Crippen LogP contribution in [0.2, 0.25) is 0 Å². The number of ether oxygens (including phenoxy) is 6. The first-order valence-corrected chi connectivity index (χ1v) is 34.3. The molecule has 0 unspecified atom stereocenters. The number of nitrogen functional groups attached to an aromatic ring is 2. The SMILES string of the molecule is CCOC(=O)c1ccc(C(=O)OC)c(N)n1.CCOC(=O)c1ccc(C(N)=O)c(N)n1.CCOC(=O)c1ccc2c(n1)-c1ccccc1C2=O.COC(=O)Cc1nc(C(F)(F)F)ccc1C(=O)OC.O=C1CCCc2nc(C(F)(F)F)ccc21.O=C1CCc2ccc(C(F)(F)F)nc2C1.O=C1c2ccccc2-c2nc(C(F)(F)F)ccc21. The van der Waals surface area contributed by atoms with Gasteiger partial charge >= 0.3 is 60.5 Å². The van der Waals surface area contributed by atoms with E-state index in [0.29, 0.717) is 78.3 Å². The standard InChI is InChI=1S/C15H11NO3.C13H6F3NO.C11H10F3NO4.2C10H8F3NO.C10H12N2O4.C9H11N3O3/c1-2-19-15(18)12-8-7-11-13(16-12)9-5-3-4-6-10(9)14(11)17;14-13(15,16)10-6-5-9-11(17-10)7-3-1-2-4-8(7)12(9)18;1-18-9(16)5-7-6(10(17)19-2)3-4-8(15-7)11(12,13)14;11-10(12,13)9-4-2-6-1-3-7(15)5-8(6)14-9;11-10(12,13)9-5-4-6-7(14-9)2-1-3-8(6)15;1-3-16-10(14)7-5-4-6(8(11)12-7)9(13)15-2;1-2-15-9(14)6-4-3-5(8(11)13)7(10)12-6/h3-8H,2H2,1H3;1-6H;3-4H,5H2,1-2H3;2,4H,1,3,5H2;4-5H,1-3H2;4-5H,3H2,1-2H3,(H2,11,12);3-4H,2H2,1H3,(H2,10,12)(H2,11,13). The van der Waals surface area contributed by atoms with E-state index in [1.807, 2.05) is 18.2 Å². The molecular formula is C78H66F12N10O17. The minimum atomic E-state index is -4.67. The molecule has 0 saturated heterocycles. The van der Waals surface area contributed by atoms with Gasteiger partial charge in [-0.15, -0.1) is 0 Å². The summed E-state index contributed by atoms with van der Waals surface area (Å²) in [4.78, 5) is 151. The highest BCUT2D eigenvalue weighted by molar-refractivity contribution is 6.22. The van der Waals surface area contributed by atoms with E-state index in [0.717, 1.165) is 49.6 Å². The lowest BCUT2D eigenvalue weighted by Gasteiger charge is -2.15. The van der Waals surface area contributed by atoms with Crippen molar-refractivity contribution in [2.24, 2.45) is 5.73 Å². The molecule has 0 spiro atoms. The summed E-state index contributed by atoms with van der Waals surface area (Å²) in [5.41, 5.74) is 17.3. The second kappa shape index (κ2) is 39.3. The zero-order valence-corrected chi connectivity index (χ0v) is 62.1. The number of aromatic nitrogens is 7. The number of primary amides is 1. The third-order valence-electron chi connectivity index (χ3n) is 16.4. The van der Waals surface area contributed by atoms with E-state index >= 15 is 0 Å². The van der Waals surface area contributed by atoms with E-state index < -0.39 is 95.6 Å². The maximum atomic E-state index is 12.6. The van der Waals surface area contributed by atoms with Gasteiger partial charge in [0.2, 0.25) is 0 Å². The fourth-order valence-corrected chi connectivity index (χ4v) is 10.9. The van der Waals surface area contributed by atoms with Crippen LogP contribution in [0.25, 0.3) is 22.5 Å². The van der Waals surface area contributed by atoms with Crippen LogP contribution in [0.4, 0.5) is 64.3 Å². The molecule has 0 saturated carbocycles. The number of amides is 1. The summed E-state index contributed by atoms with van der Waals surface area (Å²) in [6.07, 6.45) is -16.2. The summed E-state index contributed by atoms with van der Waals surface area (Å²) < 4.78 is 177. The van der Waals surface area contributed by atoms with E-state index in [1.54, 1.807) is 57.2 Å². The number of fused-ring (bicyclic) bond motifs is 8. The van der Waals surface area contributed by atoms with Crippen molar-refractivity contribution in [3.63, 3.8) is 0 Å². The number of alkyl halides is 12. The summed E-state index contributed by atoms with van der Waals surface area (Å²) in [6, 6.07) is 30.4. The molecule has 6 N–H and O–H groups in total. The number of aryl methyl sites for hydroxylation is 2. The Kier molecular flexibility index (Phi) is 30.4. The van der Waals surface area contributed by atoms with Crippen LogP contribution in [0.1, 0.15) is 190 Å². The predicted octanol–water partition coefficient (Wildman–Crippen LogP) is 12.7. The lowest BCUT2D eigenvalue weighted by Crippen LogP contribution is -2.18. The van der Waals surface area contributed by atoms with Crippen molar-refractivity contribution >= 4 is 76.5 Å². The van der Waals surface area contributed by atoms with Crippen molar-refractivity contribution in [2.45, 2.75) is 90.4 Å². The van der Waals surface area contributed by atoms with Crippen molar-refractivity contribution in [1.82, 2.24) is 34.9 Å². The van der Waals surface area contributed by atoms with Crippen LogP contribution >= 0.6 is 0 Å². The van der Waals surface area contributed by atoms with Crippen LogP contribution in [0.15, 0.2) is 133 Å². The Morgan fingerprint density at radius 1 is 0.385 bits per heavy atom. The van der Waals surface area contributed by atoms with E-state index in [4.69, 9.17) is 31.4 Å². The summed E-state index contributed by atoms with van der Waals surface area (Å²) in [6.45, 7) is 5.90. The third kappa shape index (κ3) is 23.5. The normalized spacial score (nSPS) is 12.5. The van der Waals surface area contributed by atoms with Gasteiger partial charge in [0.05, 0.1) is 87.2 Å². The molecule has 39 heteroatoms. The van der Waals surface area contributed by atoms with Crippen LogP contribution in [-0.2, 0) is 88.4 Å². The van der Waals surface area contributed by atoms with Gasteiger partial charge < -0.3 is 45.6 Å². The number of rotatable bonds is 11. The fraction of sp³-hybridized carbons (Fsp3) is 0.256. The number of hydrogen-bond donors (Lipinski definition) is 3. The number of halogens is 12. The van der Waals surface area contributed by atoms with Gasteiger partial charge in [-0.2, -0.15) is 52.7 Å². The van der Waals surface area contributed by atoms with E-state index in [1.165, 1.54) is 55.6 Å². The molecule has 0 fully saturated rings. The molecule has 1 amide bonds. The Hall–Kier alpha value is -13.8. The number of Topliss-reactive ketones (excluding diaryl/α,β-unsaturated/α-hetero) is 2. The average Bonchev–Trinajstić information content (AvgIpc) is 1.63. The summed E-state index contributed by atoms with van der Waals surface area (Å²) >= 11 is 0. The number of carbonyl (C=O) groups is 11. The molecule has 0 radical (unpaired) electrons. The number of hydrogen-bond acceptors (Lipinski definition) is 26. The number of benzene rings is 2. The number of esters is 6. The Morgan fingerprint density at radius 3 is 1.24 bits per heavy atom. The summed E-state index contributed by atoms with van der Waals surface area (Å²) in [5.74, 6) is -5.21. The highest BCUT2D eigenvalue weighted by atomic mass is 19.4. The van der Waals surface area contributed by atoms with E-state index in [2.05, 4.69) is 49.1 Å².